The normalized spacial score (nSPS) is 13.3. The standard InChI is InChI=1S/C67H104O6/c1-4-7-10-13-16-19-22-25-28-31-33-36-38-41-44-47-50-53-56-59-65(68)71-62-64(73-67(70)61-58-55-52-49-46-43-40-35-30-27-24-21-18-15-12-9-6-3)63-72-66(69)60-57-54-51-48-45-42-39-37-34-32-29-26-23-20-17-14-11-8-5-2/h7,10,16-21,25-30,33-34,36-37,40-45,49,52,64H,4-6,8-9,11-15,22-24,31-32,35,38-39,46-48,50-51,53-63H2,1-3H3/b10-7-,19-16-,20-17-,21-18-,28-25-,29-26-,30-27-,36-33-,37-34-,43-40-,44-41-,45-42-,52-49-/t64-/m1/s1. The molecule has 0 radical (unpaired) electrons. The first kappa shape index (κ1) is 68.0. The van der Waals surface area contributed by atoms with Crippen LogP contribution in [0.25, 0.3) is 0 Å². The Kier molecular flexibility index (Phi) is 55.5. The van der Waals surface area contributed by atoms with E-state index < -0.39 is 6.10 Å². The largest absolute Gasteiger partial charge is 0.462 e. The molecule has 0 aromatic carbocycles. The fourth-order valence-corrected chi connectivity index (χ4v) is 7.15. The van der Waals surface area contributed by atoms with Crippen LogP contribution in [0.2, 0.25) is 0 Å². The smallest absolute Gasteiger partial charge is 0.306 e. The zero-order chi connectivity index (χ0) is 52.9. The summed E-state index contributed by atoms with van der Waals surface area (Å²) in [5.41, 5.74) is 0. The Bertz CT molecular complexity index is 1670. The minimum atomic E-state index is -0.843. The molecule has 0 saturated heterocycles. The fraction of sp³-hybridized carbons (Fsp3) is 0.567. The highest BCUT2D eigenvalue weighted by Gasteiger charge is 2.19. The summed E-state index contributed by atoms with van der Waals surface area (Å²) >= 11 is 0. The van der Waals surface area contributed by atoms with Crippen LogP contribution in [-0.2, 0) is 28.6 Å². The van der Waals surface area contributed by atoms with E-state index in [1.807, 2.05) is 0 Å². The molecule has 6 heteroatoms. The number of rotatable bonds is 50. The van der Waals surface area contributed by atoms with Gasteiger partial charge in [-0.05, 0) is 148 Å². The highest BCUT2D eigenvalue weighted by atomic mass is 16.6. The molecule has 0 saturated carbocycles. The summed E-state index contributed by atoms with van der Waals surface area (Å²) in [6.07, 6.45) is 86.6. The van der Waals surface area contributed by atoms with E-state index in [0.29, 0.717) is 19.3 Å². The lowest BCUT2D eigenvalue weighted by Gasteiger charge is -2.18. The van der Waals surface area contributed by atoms with Gasteiger partial charge in [0.15, 0.2) is 6.10 Å². The molecule has 0 rings (SSSR count). The first-order valence-corrected chi connectivity index (χ1v) is 29.0. The van der Waals surface area contributed by atoms with Crippen molar-refractivity contribution in [3.63, 3.8) is 0 Å². The predicted octanol–water partition coefficient (Wildman–Crippen LogP) is 19.8. The summed E-state index contributed by atoms with van der Waals surface area (Å²) in [6.45, 7) is 6.35. The summed E-state index contributed by atoms with van der Waals surface area (Å²) in [5.74, 6) is -1.06. The number of unbranched alkanes of at least 4 members (excludes halogenated alkanes) is 13. The maximum atomic E-state index is 12.8. The topological polar surface area (TPSA) is 78.9 Å². The zero-order valence-electron chi connectivity index (χ0n) is 46.6. The second-order valence-corrected chi connectivity index (χ2v) is 18.5. The van der Waals surface area contributed by atoms with Crippen LogP contribution in [0.3, 0.4) is 0 Å². The number of hydrogen-bond donors (Lipinski definition) is 0. The molecular formula is C67H104O6. The highest BCUT2D eigenvalue weighted by Crippen LogP contribution is 2.11. The van der Waals surface area contributed by atoms with Gasteiger partial charge in [-0.3, -0.25) is 14.4 Å². The Morgan fingerprint density at radius 2 is 0.548 bits per heavy atom. The van der Waals surface area contributed by atoms with Gasteiger partial charge in [0.2, 0.25) is 0 Å². The Balaban J connectivity index is 4.63. The van der Waals surface area contributed by atoms with Crippen molar-refractivity contribution < 1.29 is 28.6 Å². The Labute approximate surface area is 448 Å². The van der Waals surface area contributed by atoms with Crippen molar-refractivity contribution in [1.29, 1.82) is 0 Å². The van der Waals surface area contributed by atoms with Crippen LogP contribution < -0.4 is 0 Å². The number of carbonyl (C=O) groups excluding carboxylic acids is 3. The molecule has 0 aromatic heterocycles. The van der Waals surface area contributed by atoms with Crippen LogP contribution in [0.4, 0.5) is 0 Å². The van der Waals surface area contributed by atoms with E-state index in [-0.39, 0.29) is 37.5 Å². The number of ether oxygens (including phenoxy) is 3. The molecule has 0 N–H and O–H groups in total. The van der Waals surface area contributed by atoms with Crippen LogP contribution in [0.15, 0.2) is 158 Å². The first-order valence-electron chi connectivity index (χ1n) is 29.0. The average Bonchev–Trinajstić information content (AvgIpc) is 3.39. The van der Waals surface area contributed by atoms with Gasteiger partial charge in [-0.15, -0.1) is 0 Å². The zero-order valence-corrected chi connectivity index (χ0v) is 46.6. The monoisotopic (exact) mass is 1000 g/mol. The van der Waals surface area contributed by atoms with Crippen molar-refractivity contribution in [3.8, 4) is 0 Å². The second kappa shape index (κ2) is 59.6. The molecule has 0 aliphatic carbocycles. The quantitative estimate of drug-likeness (QED) is 0.0261. The van der Waals surface area contributed by atoms with Gasteiger partial charge in [0.25, 0.3) is 0 Å². The number of carbonyl (C=O) groups is 3. The lowest BCUT2D eigenvalue weighted by molar-refractivity contribution is -0.167. The third kappa shape index (κ3) is 57.8. The number of esters is 3. The molecule has 408 valence electrons. The van der Waals surface area contributed by atoms with E-state index in [4.69, 9.17) is 14.2 Å². The van der Waals surface area contributed by atoms with Crippen molar-refractivity contribution in [1.82, 2.24) is 0 Å². The molecule has 1 atom stereocenters. The molecule has 0 aliphatic rings. The van der Waals surface area contributed by atoms with E-state index in [1.54, 1.807) is 0 Å². The summed E-state index contributed by atoms with van der Waals surface area (Å²) in [7, 11) is 0. The van der Waals surface area contributed by atoms with E-state index in [9.17, 15) is 14.4 Å². The van der Waals surface area contributed by atoms with E-state index in [2.05, 4.69) is 179 Å². The minimum Gasteiger partial charge on any atom is -0.462 e. The molecule has 6 nitrogen and oxygen atoms in total. The van der Waals surface area contributed by atoms with Crippen molar-refractivity contribution >= 4 is 17.9 Å². The van der Waals surface area contributed by atoms with Crippen LogP contribution >= 0.6 is 0 Å². The maximum absolute atomic E-state index is 12.8. The molecule has 0 fully saturated rings. The molecule has 0 bridgehead atoms. The summed E-state index contributed by atoms with van der Waals surface area (Å²) in [6, 6.07) is 0. The molecule has 0 aliphatic heterocycles. The second-order valence-electron chi connectivity index (χ2n) is 18.5. The fourth-order valence-electron chi connectivity index (χ4n) is 7.15. The van der Waals surface area contributed by atoms with E-state index in [0.717, 1.165) is 128 Å². The summed E-state index contributed by atoms with van der Waals surface area (Å²) in [4.78, 5) is 38.2. The van der Waals surface area contributed by atoms with Crippen molar-refractivity contribution in [2.75, 3.05) is 13.2 Å². The molecule has 73 heavy (non-hydrogen) atoms. The van der Waals surface area contributed by atoms with Gasteiger partial charge in [0.1, 0.15) is 13.2 Å². The average molecular weight is 1010 g/mol. The molecule has 0 aromatic rings. The Hall–Kier alpha value is -4.97. The van der Waals surface area contributed by atoms with Crippen LogP contribution in [0.5, 0.6) is 0 Å². The third-order valence-electron chi connectivity index (χ3n) is 11.5. The third-order valence-corrected chi connectivity index (χ3v) is 11.5. The van der Waals surface area contributed by atoms with Gasteiger partial charge in [0, 0.05) is 19.3 Å². The Morgan fingerprint density at radius 3 is 0.849 bits per heavy atom. The number of hydrogen-bond acceptors (Lipinski definition) is 6. The van der Waals surface area contributed by atoms with Crippen molar-refractivity contribution in [2.45, 2.75) is 232 Å². The SMILES string of the molecule is CC/C=C\C/C=C\C/C=C\C/C=C\C/C=C\CCCCCC(=O)OC[C@H](COC(=O)CCCCC/C=C\C/C=C\C/C=C\C/C=C\CCCCC)OC(=O)CCC/C=C\C/C=C\C/C=C\C/C=C\CCCCC. The molecule has 0 heterocycles. The van der Waals surface area contributed by atoms with Gasteiger partial charge < -0.3 is 14.2 Å². The maximum Gasteiger partial charge on any atom is 0.306 e. The summed E-state index contributed by atoms with van der Waals surface area (Å²) < 4.78 is 16.8. The number of allylic oxidation sites excluding steroid dienone is 26. The van der Waals surface area contributed by atoms with Crippen LogP contribution in [0.1, 0.15) is 226 Å². The van der Waals surface area contributed by atoms with Gasteiger partial charge in [0.05, 0.1) is 0 Å². The molecule has 0 amide bonds. The van der Waals surface area contributed by atoms with Gasteiger partial charge >= 0.3 is 17.9 Å². The van der Waals surface area contributed by atoms with E-state index in [1.165, 1.54) is 51.4 Å². The summed E-state index contributed by atoms with van der Waals surface area (Å²) in [5, 5.41) is 0. The molecule has 0 spiro atoms. The van der Waals surface area contributed by atoms with Gasteiger partial charge in [-0.2, -0.15) is 0 Å². The highest BCUT2D eigenvalue weighted by molar-refractivity contribution is 5.71. The van der Waals surface area contributed by atoms with Crippen molar-refractivity contribution in [3.05, 3.63) is 158 Å². The van der Waals surface area contributed by atoms with E-state index >= 15 is 0 Å². The first-order chi connectivity index (χ1) is 36.0. The minimum absolute atomic E-state index is 0.134. The molecule has 0 unspecified atom stereocenters. The van der Waals surface area contributed by atoms with Gasteiger partial charge in [-0.1, -0.05) is 217 Å². The molecular weight excluding hydrogens is 901 g/mol. The lowest BCUT2D eigenvalue weighted by atomic mass is 10.1. The lowest BCUT2D eigenvalue weighted by Crippen LogP contribution is -2.30. The van der Waals surface area contributed by atoms with Gasteiger partial charge in [-0.25, -0.2) is 0 Å². The van der Waals surface area contributed by atoms with Crippen LogP contribution in [0, 0.1) is 0 Å². The van der Waals surface area contributed by atoms with Crippen molar-refractivity contribution in [2.24, 2.45) is 0 Å². The van der Waals surface area contributed by atoms with Crippen LogP contribution in [-0.4, -0.2) is 37.2 Å². The predicted molar refractivity (Wildman–Crippen MR) is 315 cm³/mol. The Morgan fingerprint density at radius 1 is 0.288 bits per heavy atom.